The Bertz CT molecular complexity index is 765. The van der Waals surface area contributed by atoms with Crippen LogP contribution < -0.4 is 20.9 Å². The van der Waals surface area contributed by atoms with E-state index < -0.39 is 0 Å². The normalized spacial score (nSPS) is 11.0. The molecule has 0 atom stereocenters. The standard InChI is InChI=1S/C20H30N6O/c1-14-23-17(13-18(24-14)26(5)6)21-11-12-22-19(27)25-16-9-7-15(8-10-16)20(2,3)4/h7-10,13H,11-12H2,1-6H3,(H,21,23,24)(H2,22,25,27). The van der Waals surface area contributed by atoms with Gasteiger partial charge in [0.2, 0.25) is 0 Å². The summed E-state index contributed by atoms with van der Waals surface area (Å²) in [7, 11) is 3.87. The number of anilines is 3. The molecule has 3 N–H and O–H groups in total. The monoisotopic (exact) mass is 370 g/mol. The second-order valence-electron chi connectivity index (χ2n) is 7.69. The molecule has 2 aromatic rings. The van der Waals surface area contributed by atoms with Gasteiger partial charge in [0.05, 0.1) is 0 Å². The van der Waals surface area contributed by atoms with Gasteiger partial charge in [0.15, 0.2) is 0 Å². The minimum absolute atomic E-state index is 0.0955. The molecule has 2 amide bonds. The summed E-state index contributed by atoms with van der Waals surface area (Å²) in [6.45, 7) is 9.39. The van der Waals surface area contributed by atoms with Crippen molar-refractivity contribution < 1.29 is 4.79 Å². The molecule has 7 nitrogen and oxygen atoms in total. The molecule has 1 heterocycles. The fourth-order valence-electron chi connectivity index (χ4n) is 2.47. The van der Waals surface area contributed by atoms with Gasteiger partial charge in [-0.15, -0.1) is 0 Å². The average Bonchev–Trinajstić information content (AvgIpc) is 2.58. The predicted octanol–water partition coefficient (Wildman–Crippen LogP) is 3.38. The Balaban J connectivity index is 1.78. The molecule has 146 valence electrons. The van der Waals surface area contributed by atoms with Crippen molar-refractivity contribution in [2.24, 2.45) is 0 Å². The van der Waals surface area contributed by atoms with Gasteiger partial charge in [-0.25, -0.2) is 14.8 Å². The molecule has 0 saturated heterocycles. The van der Waals surface area contributed by atoms with E-state index >= 15 is 0 Å². The van der Waals surface area contributed by atoms with Crippen molar-refractivity contribution in [1.29, 1.82) is 0 Å². The first-order chi connectivity index (χ1) is 12.6. The fourth-order valence-corrected chi connectivity index (χ4v) is 2.47. The lowest BCUT2D eigenvalue weighted by Gasteiger charge is -2.19. The van der Waals surface area contributed by atoms with Crippen LogP contribution in [0.1, 0.15) is 32.2 Å². The number of carbonyl (C=O) groups excluding carboxylic acids is 1. The maximum absolute atomic E-state index is 12.0. The van der Waals surface area contributed by atoms with Gasteiger partial charge in [-0.1, -0.05) is 32.9 Å². The Morgan fingerprint density at radius 3 is 2.33 bits per heavy atom. The van der Waals surface area contributed by atoms with E-state index in [-0.39, 0.29) is 11.4 Å². The molecule has 0 aliphatic carbocycles. The molecular weight excluding hydrogens is 340 g/mol. The van der Waals surface area contributed by atoms with Crippen LogP contribution in [0.3, 0.4) is 0 Å². The molecule has 1 aromatic carbocycles. The van der Waals surface area contributed by atoms with Crippen molar-refractivity contribution >= 4 is 23.4 Å². The van der Waals surface area contributed by atoms with E-state index in [1.807, 2.05) is 56.3 Å². The zero-order valence-corrected chi connectivity index (χ0v) is 17.1. The molecule has 0 aliphatic rings. The van der Waals surface area contributed by atoms with E-state index in [2.05, 4.69) is 46.7 Å². The lowest BCUT2D eigenvalue weighted by molar-refractivity contribution is 0.252. The predicted molar refractivity (Wildman–Crippen MR) is 112 cm³/mol. The van der Waals surface area contributed by atoms with Crippen LogP contribution in [0.25, 0.3) is 0 Å². The van der Waals surface area contributed by atoms with Gasteiger partial charge in [0.1, 0.15) is 17.5 Å². The summed E-state index contributed by atoms with van der Waals surface area (Å²) in [5.74, 6) is 2.29. The van der Waals surface area contributed by atoms with E-state index in [4.69, 9.17) is 0 Å². The Labute approximate surface area is 161 Å². The average molecular weight is 371 g/mol. The lowest BCUT2D eigenvalue weighted by atomic mass is 9.87. The van der Waals surface area contributed by atoms with Crippen LogP contribution in [0.15, 0.2) is 30.3 Å². The van der Waals surface area contributed by atoms with Gasteiger partial charge >= 0.3 is 6.03 Å². The second-order valence-corrected chi connectivity index (χ2v) is 7.69. The largest absolute Gasteiger partial charge is 0.368 e. The molecule has 0 spiro atoms. The molecule has 27 heavy (non-hydrogen) atoms. The van der Waals surface area contributed by atoms with Crippen LogP contribution in [0, 0.1) is 6.92 Å². The second kappa shape index (κ2) is 8.70. The smallest absolute Gasteiger partial charge is 0.319 e. The summed E-state index contributed by atoms with van der Waals surface area (Å²) in [6.07, 6.45) is 0. The Morgan fingerprint density at radius 2 is 1.74 bits per heavy atom. The molecule has 1 aromatic heterocycles. The van der Waals surface area contributed by atoms with Crippen LogP contribution in [-0.2, 0) is 5.41 Å². The summed E-state index contributed by atoms with van der Waals surface area (Å²) in [5, 5.41) is 8.88. The van der Waals surface area contributed by atoms with Crippen molar-refractivity contribution in [3.8, 4) is 0 Å². The minimum Gasteiger partial charge on any atom is -0.368 e. The lowest BCUT2D eigenvalue weighted by Crippen LogP contribution is -2.32. The number of hydrogen-bond acceptors (Lipinski definition) is 5. The summed E-state index contributed by atoms with van der Waals surface area (Å²) in [4.78, 5) is 22.7. The number of amides is 2. The highest BCUT2D eigenvalue weighted by Crippen LogP contribution is 2.23. The van der Waals surface area contributed by atoms with Crippen molar-refractivity contribution in [3.05, 3.63) is 41.7 Å². The molecule has 2 rings (SSSR count). The van der Waals surface area contributed by atoms with Crippen molar-refractivity contribution in [3.63, 3.8) is 0 Å². The maximum atomic E-state index is 12.0. The van der Waals surface area contributed by atoms with Crippen LogP contribution in [-0.4, -0.2) is 43.2 Å². The van der Waals surface area contributed by atoms with Crippen LogP contribution in [0.4, 0.5) is 22.1 Å². The highest BCUT2D eigenvalue weighted by Gasteiger charge is 2.13. The van der Waals surface area contributed by atoms with Gasteiger partial charge in [-0.3, -0.25) is 0 Å². The van der Waals surface area contributed by atoms with E-state index in [1.165, 1.54) is 5.56 Å². The first-order valence-corrected chi connectivity index (χ1v) is 9.07. The first-order valence-electron chi connectivity index (χ1n) is 9.07. The SMILES string of the molecule is Cc1nc(NCCNC(=O)Nc2ccc(C(C)(C)C)cc2)cc(N(C)C)n1. The first kappa shape index (κ1) is 20.5. The van der Waals surface area contributed by atoms with Crippen molar-refractivity contribution in [2.75, 3.05) is 42.7 Å². The zero-order valence-electron chi connectivity index (χ0n) is 17.1. The number of benzene rings is 1. The van der Waals surface area contributed by atoms with E-state index in [0.717, 1.165) is 17.3 Å². The van der Waals surface area contributed by atoms with E-state index in [1.54, 1.807) is 0 Å². The Hall–Kier alpha value is -2.83. The van der Waals surface area contributed by atoms with Gasteiger partial charge in [0.25, 0.3) is 0 Å². The third kappa shape index (κ3) is 6.44. The van der Waals surface area contributed by atoms with Crippen molar-refractivity contribution in [1.82, 2.24) is 15.3 Å². The summed E-state index contributed by atoms with van der Waals surface area (Å²) >= 11 is 0. The molecule has 0 saturated carbocycles. The topological polar surface area (TPSA) is 82.2 Å². The third-order valence-electron chi connectivity index (χ3n) is 4.01. The summed E-state index contributed by atoms with van der Waals surface area (Å²) in [5.41, 5.74) is 2.10. The van der Waals surface area contributed by atoms with Crippen LogP contribution in [0.2, 0.25) is 0 Å². The van der Waals surface area contributed by atoms with Crippen molar-refractivity contribution in [2.45, 2.75) is 33.1 Å². The molecule has 0 aliphatic heterocycles. The number of hydrogen-bond donors (Lipinski definition) is 3. The number of aromatic nitrogens is 2. The van der Waals surface area contributed by atoms with E-state index in [0.29, 0.717) is 18.9 Å². The number of aryl methyl sites for hydroxylation is 1. The summed E-state index contributed by atoms with van der Waals surface area (Å²) in [6, 6.07) is 9.57. The molecule has 0 unspecified atom stereocenters. The minimum atomic E-state index is -0.229. The maximum Gasteiger partial charge on any atom is 0.319 e. The highest BCUT2D eigenvalue weighted by molar-refractivity contribution is 5.89. The number of nitrogens with one attached hydrogen (secondary N) is 3. The molecule has 0 fully saturated rings. The van der Waals surface area contributed by atoms with Gasteiger partial charge in [-0.05, 0) is 30.0 Å². The van der Waals surface area contributed by atoms with E-state index in [9.17, 15) is 4.79 Å². The van der Waals surface area contributed by atoms with Gasteiger partial charge in [0, 0.05) is 38.9 Å². The highest BCUT2D eigenvalue weighted by atomic mass is 16.2. The summed E-state index contributed by atoms with van der Waals surface area (Å²) < 4.78 is 0. The third-order valence-corrected chi connectivity index (χ3v) is 4.01. The Kier molecular flexibility index (Phi) is 6.60. The fraction of sp³-hybridized carbons (Fsp3) is 0.450. The van der Waals surface area contributed by atoms with Crippen LogP contribution in [0.5, 0.6) is 0 Å². The molecule has 0 radical (unpaired) electrons. The quantitative estimate of drug-likeness (QED) is 0.679. The number of carbonyl (C=O) groups is 1. The number of nitrogens with zero attached hydrogens (tertiary/aromatic N) is 3. The van der Waals surface area contributed by atoms with Crippen LogP contribution >= 0.6 is 0 Å². The molecule has 7 heteroatoms. The Morgan fingerprint density at radius 1 is 1.07 bits per heavy atom. The number of rotatable bonds is 6. The van der Waals surface area contributed by atoms with Gasteiger partial charge < -0.3 is 20.9 Å². The molecular formula is C20H30N6O. The number of urea groups is 1. The van der Waals surface area contributed by atoms with Gasteiger partial charge in [-0.2, -0.15) is 0 Å². The molecule has 0 bridgehead atoms. The zero-order chi connectivity index (χ0) is 20.0.